The van der Waals surface area contributed by atoms with E-state index in [2.05, 4.69) is 5.32 Å². The maximum Gasteiger partial charge on any atom is 0.416 e. The maximum atomic E-state index is 12.6. The highest BCUT2D eigenvalue weighted by Gasteiger charge is 2.32. The molecule has 6 nitrogen and oxygen atoms in total. The van der Waals surface area contributed by atoms with Gasteiger partial charge in [0, 0.05) is 11.6 Å². The molecule has 2 rings (SSSR count). The molecule has 0 radical (unpaired) electrons. The Morgan fingerprint density at radius 3 is 2.35 bits per heavy atom. The highest BCUT2D eigenvalue weighted by Crippen LogP contribution is 2.21. The number of rotatable bonds is 2. The Morgan fingerprint density at radius 2 is 1.83 bits per heavy atom. The van der Waals surface area contributed by atoms with Gasteiger partial charge in [0.1, 0.15) is 17.2 Å². The Balaban J connectivity index is 2.26. The van der Waals surface area contributed by atoms with Gasteiger partial charge in [-0.2, -0.15) is 0 Å². The number of piperidine rings is 1. The van der Waals surface area contributed by atoms with E-state index in [-0.39, 0.29) is 17.6 Å². The van der Waals surface area contributed by atoms with Gasteiger partial charge in [-0.3, -0.25) is 10.3 Å². The summed E-state index contributed by atoms with van der Waals surface area (Å²) in [5.74, 6) is 0.235. The number of amidine groups is 1. The largest absolute Gasteiger partial charge is 0.508 e. The van der Waals surface area contributed by atoms with Crippen LogP contribution in [0.5, 0.6) is 5.75 Å². The van der Waals surface area contributed by atoms with Crippen molar-refractivity contribution in [2.24, 2.45) is 0 Å². The maximum absolute atomic E-state index is 12.6. The van der Waals surface area contributed by atoms with Crippen molar-refractivity contribution in [2.75, 3.05) is 13.1 Å². The van der Waals surface area contributed by atoms with Crippen molar-refractivity contribution < 1.29 is 14.6 Å². The second-order valence-corrected chi connectivity index (χ2v) is 6.73. The van der Waals surface area contributed by atoms with Gasteiger partial charge in [-0.1, -0.05) is 0 Å². The lowest BCUT2D eigenvalue weighted by molar-refractivity contribution is 0.0290. The molecular formula is C17H25N3O3. The Hall–Kier alpha value is -2.08. The number of benzene rings is 1. The van der Waals surface area contributed by atoms with Crippen LogP contribution in [0.25, 0.3) is 0 Å². The summed E-state index contributed by atoms with van der Waals surface area (Å²) in [6, 6.07) is 6.23. The first-order valence-electron chi connectivity index (χ1n) is 7.89. The number of carbonyl (C=O) groups excluding carboxylic acids is 1. The molecule has 23 heavy (non-hydrogen) atoms. The van der Waals surface area contributed by atoms with Crippen LogP contribution in [0.2, 0.25) is 0 Å². The molecule has 6 heteroatoms. The standard InChI is InChI=1S/C17H25N3O3/c1-17(2,3)23-16(22)20(13-8-10-19-11-9-13)15(18)12-4-6-14(21)7-5-12/h4-7,13,18-19,21H,8-11H2,1-3H3. The Labute approximate surface area is 137 Å². The zero-order valence-corrected chi connectivity index (χ0v) is 13.9. The molecule has 0 aromatic heterocycles. The quantitative estimate of drug-likeness (QED) is 0.578. The van der Waals surface area contributed by atoms with E-state index in [1.54, 1.807) is 12.1 Å². The summed E-state index contributed by atoms with van der Waals surface area (Å²) in [7, 11) is 0. The van der Waals surface area contributed by atoms with Crippen LogP contribution < -0.4 is 5.32 Å². The summed E-state index contributed by atoms with van der Waals surface area (Å²) < 4.78 is 5.50. The minimum absolute atomic E-state index is 0.0626. The van der Waals surface area contributed by atoms with E-state index in [9.17, 15) is 9.90 Å². The fraction of sp³-hybridized carbons (Fsp3) is 0.529. The first-order valence-corrected chi connectivity index (χ1v) is 7.89. The van der Waals surface area contributed by atoms with E-state index in [0.717, 1.165) is 25.9 Å². The van der Waals surface area contributed by atoms with Crippen molar-refractivity contribution >= 4 is 11.9 Å². The number of hydrogen-bond donors (Lipinski definition) is 3. The molecule has 0 spiro atoms. The van der Waals surface area contributed by atoms with Crippen molar-refractivity contribution in [1.29, 1.82) is 5.41 Å². The monoisotopic (exact) mass is 319 g/mol. The van der Waals surface area contributed by atoms with E-state index in [0.29, 0.717) is 5.56 Å². The fourth-order valence-corrected chi connectivity index (χ4v) is 2.56. The number of nitrogens with one attached hydrogen (secondary N) is 2. The summed E-state index contributed by atoms with van der Waals surface area (Å²) >= 11 is 0. The summed E-state index contributed by atoms with van der Waals surface area (Å²) in [5, 5.41) is 21.1. The predicted octanol–water partition coefficient (Wildman–Crippen LogP) is 2.71. The number of carbonyl (C=O) groups is 1. The molecular weight excluding hydrogens is 294 g/mol. The molecule has 1 aliphatic heterocycles. The highest BCUT2D eigenvalue weighted by atomic mass is 16.6. The van der Waals surface area contributed by atoms with Gasteiger partial charge < -0.3 is 15.2 Å². The average molecular weight is 319 g/mol. The number of phenols is 1. The Morgan fingerprint density at radius 1 is 1.26 bits per heavy atom. The van der Waals surface area contributed by atoms with Crippen LogP contribution >= 0.6 is 0 Å². The van der Waals surface area contributed by atoms with Gasteiger partial charge in [-0.15, -0.1) is 0 Å². The minimum Gasteiger partial charge on any atom is -0.508 e. The first-order chi connectivity index (χ1) is 10.8. The second-order valence-electron chi connectivity index (χ2n) is 6.73. The van der Waals surface area contributed by atoms with Crippen molar-refractivity contribution in [2.45, 2.75) is 45.3 Å². The summed E-state index contributed by atoms with van der Waals surface area (Å²) in [6.45, 7) is 7.07. The normalized spacial score (nSPS) is 16.0. The van der Waals surface area contributed by atoms with Gasteiger partial charge in [0.05, 0.1) is 0 Å². The lowest BCUT2D eigenvalue weighted by atomic mass is 10.0. The average Bonchev–Trinajstić information content (AvgIpc) is 2.47. The first kappa shape index (κ1) is 17.3. The molecule has 3 N–H and O–H groups in total. The van der Waals surface area contributed by atoms with Gasteiger partial charge in [0.15, 0.2) is 0 Å². The summed E-state index contributed by atoms with van der Waals surface area (Å²) in [4.78, 5) is 14.1. The van der Waals surface area contributed by atoms with E-state index in [1.165, 1.54) is 17.0 Å². The number of nitrogens with zero attached hydrogens (tertiary/aromatic N) is 1. The molecule has 1 saturated heterocycles. The Kier molecular flexibility index (Phi) is 5.26. The van der Waals surface area contributed by atoms with Gasteiger partial charge >= 0.3 is 6.09 Å². The van der Waals surface area contributed by atoms with Gasteiger partial charge in [-0.05, 0) is 71.0 Å². The lowest BCUT2D eigenvalue weighted by Gasteiger charge is -2.35. The SMILES string of the molecule is CC(C)(C)OC(=O)N(C(=N)c1ccc(O)cc1)C1CCNCC1. The van der Waals surface area contributed by atoms with Crippen LogP contribution in [0.1, 0.15) is 39.2 Å². The molecule has 0 atom stereocenters. The third-order valence-corrected chi connectivity index (χ3v) is 3.65. The molecule has 1 aromatic carbocycles. The van der Waals surface area contributed by atoms with Crippen molar-refractivity contribution in [3.05, 3.63) is 29.8 Å². The molecule has 1 heterocycles. The third-order valence-electron chi connectivity index (χ3n) is 3.65. The van der Waals surface area contributed by atoms with Gasteiger partial charge in [-0.25, -0.2) is 4.79 Å². The number of hydrogen-bond acceptors (Lipinski definition) is 5. The van der Waals surface area contributed by atoms with Crippen LogP contribution in [0.3, 0.4) is 0 Å². The molecule has 1 aliphatic rings. The number of amides is 1. The van der Waals surface area contributed by atoms with E-state index in [4.69, 9.17) is 10.1 Å². The highest BCUT2D eigenvalue weighted by molar-refractivity contribution is 6.05. The van der Waals surface area contributed by atoms with Crippen LogP contribution in [-0.2, 0) is 4.74 Å². The molecule has 0 saturated carbocycles. The zero-order chi connectivity index (χ0) is 17.0. The smallest absolute Gasteiger partial charge is 0.416 e. The molecule has 1 fully saturated rings. The van der Waals surface area contributed by atoms with E-state index >= 15 is 0 Å². The molecule has 0 unspecified atom stereocenters. The Bertz CT molecular complexity index is 557. The van der Waals surface area contributed by atoms with Crippen LogP contribution in [0.15, 0.2) is 24.3 Å². The number of phenolic OH excluding ortho intramolecular Hbond substituents is 1. The minimum atomic E-state index is -0.614. The van der Waals surface area contributed by atoms with Crippen LogP contribution in [-0.4, -0.2) is 46.7 Å². The molecule has 126 valence electrons. The number of ether oxygens (including phenoxy) is 1. The van der Waals surface area contributed by atoms with Crippen LogP contribution in [0.4, 0.5) is 4.79 Å². The van der Waals surface area contributed by atoms with Crippen molar-refractivity contribution in [3.63, 3.8) is 0 Å². The summed E-state index contributed by atoms with van der Waals surface area (Å²) in [5.41, 5.74) is -0.0375. The zero-order valence-electron chi connectivity index (χ0n) is 13.9. The van der Waals surface area contributed by atoms with Gasteiger partial charge in [0.25, 0.3) is 0 Å². The third kappa shape index (κ3) is 4.69. The van der Waals surface area contributed by atoms with E-state index < -0.39 is 11.7 Å². The van der Waals surface area contributed by atoms with Crippen molar-refractivity contribution in [3.8, 4) is 5.75 Å². The second kappa shape index (κ2) is 7.00. The lowest BCUT2D eigenvalue weighted by Crippen LogP contribution is -2.50. The molecule has 0 aliphatic carbocycles. The predicted molar refractivity (Wildman–Crippen MR) is 88.9 cm³/mol. The fourth-order valence-electron chi connectivity index (χ4n) is 2.56. The molecule has 1 amide bonds. The molecule has 0 bridgehead atoms. The number of aromatic hydroxyl groups is 1. The molecule has 1 aromatic rings. The van der Waals surface area contributed by atoms with Gasteiger partial charge in [0.2, 0.25) is 0 Å². The van der Waals surface area contributed by atoms with E-state index in [1.807, 2.05) is 20.8 Å². The van der Waals surface area contributed by atoms with Crippen molar-refractivity contribution in [1.82, 2.24) is 10.2 Å². The summed E-state index contributed by atoms with van der Waals surface area (Å²) in [6.07, 6.45) is 1.06. The van der Waals surface area contributed by atoms with Crippen LogP contribution in [0, 0.1) is 5.41 Å². The topological polar surface area (TPSA) is 85.7 Å².